The van der Waals surface area contributed by atoms with E-state index in [0.717, 1.165) is 31.0 Å². The summed E-state index contributed by atoms with van der Waals surface area (Å²) in [4.78, 5) is 34.7. The molecule has 38 heavy (non-hydrogen) atoms. The number of anilines is 1. The van der Waals surface area contributed by atoms with E-state index in [-0.39, 0.29) is 12.2 Å². The number of carbonyl (C=O) groups is 1. The first-order valence-electron chi connectivity index (χ1n) is 13.5. The van der Waals surface area contributed by atoms with E-state index in [4.69, 9.17) is 14.1 Å². The zero-order chi connectivity index (χ0) is 27.4. The van der Waals surface area contributed by atoms with E-state index >= 15 is 0 Å². The van der Waals surface area contributed by atoms with Gasteiger partial charge in [0.1, 0.15) is 5.76 Å². The van der Waals surface area contributed by atoms with Crippen LogP contribution in [0.15, 0.2) is 61.9 Å². The maximum Gasteiger partial charge on any atom is 0.338 e. The standard InChI is InChI=1S/C30H37N3O4S/c1-7-11-23-26(29(35)36-10-4)27(21-14-12-20(13-15-21)19(5)6)33-28(34)24(38-30(33)31-23)18-22-16-17-25(37-22)32(8-2)9-3/h12-19,27H,7-11H2,1-6H3/b24-18-/t27-/m0/s1. The number of furan rings is 1. The predicted molar refractivity (Wildman–Crippen MR) is 152 cm³/mol. The van der Waals surface area contributed by atoms with Gasteiger partial charge in [-0.15, -0.1) is 0 Å². The Morgan fingerprint density at radius 2 is 1.84 bits per heavy atom. The van der Waals surface area contributed by atoms with Crippen molar-refractivity contribution < 1.29 is 13.9 Å². The molecule has 3 heterocycles. The minimum atomic E-state index is -0.613. The zero-order valence-electron chi connectivity index (χ0n) is 23.1. The van der Waals surface area contributed by atoms with E-state index in [0.29, 0.717) is 38.7 Å². The van der Waals surface area contributed by atoms with Gasteiger partial charge < -0.3 is 14.1 Å². The van der Waals surface area contributed by atoms with Crippen LogP contribution in [0, 0.1) is 0 Å². The number of hydrogen-bond acceptors (Lipinski definition) is 7. The lowest BCUT2D eigenvalue weighted by atomic mass is 9.92. The van der Waals surface area contributed by atoms with E-state index in [1.807, 2.05) is 24.3 Å². The van der Waals surface area contributed by atoms with Gasteiger partial charge in [0.25, 0.3) is 5.56 Å². The van der Waals surface area contributed by atoms with Gasteiger partial charge in [-0.1, -0.05) is 62.8 Å². The zero-order valence-corrected chi connectivity index (χ0v) is 23.9. The van der Waals surface area contributed by atoms with Gasteiger partial charge in [0.15, 0.2) is 10.7 Å². The third kappa shape index (κ3) is 5.41. The quantitative estimate of drug-likeness (QED) is 0.336. The number of ether oxygens (including phenoxy) is 1. The first-order chi connectivity index (χ1) is 18.3. The third-order valence-corrected chi connectivity index (χ3v) is 7.76. The van der Waals surface area contributed by atoms with Crippen molar-refractivity contribution in [3.63, 3.8) is 0 Å². The molecule has 0 unspecified atom stereocenters. The molecule has 7 nitrogen and oxygen atoms in total. The maximum atomic E-state index is 13.9. The SMILES string of the molecule is CCCC1=C(C(=O)OCC)[C@H](c2ccc(C(C)C)cc2)n2c(s/c(=C\c3ccc(N(CC)CC)o3)c2=O)=N1. The van der Waals surface area contributed by atoms with Gasteiger partial charge in [0.05, 0.1) is 28.5 Å². The number of allylic oxidation sites excluding steroid dienone is 1. The topological polar surface area (TPSA) is 77.0 Å². The van der Waals surface area contributed by atoms with Crippen molar-refractivity contribution in [3.8, 4) is 0 Å². The second-order valence-electron chi connectivity index (χ2n) is 9.58. The Balaban J connectivity index is 1.91. The van der Waals surface area contributed by atoms with Gasteiger partial charge in [-0.05, 0) is 50.3 Å². The molecule has 0 saturated carbocycles. The molecule has 202 valence electrons. The Bertz CT molecular complexity index is 1490. The number of carbonyl (C=O) groups excluding carboxylic acids is 1. The molecule has 1 aromatic carbocycles. The van der Waals surface area contributed by atoms with Crippen molar-refractivity contribution in [2.75, 3.05) is 24.6 Å². The Hall–Kier alpha value is -3.39. The Morgan fingerprint density at radius 1 is 1.13 bits per heavy atom. The summed E-state index contributed by atoms with van der Waals surface area (Å²) in [6, 6.07) is 11.3. The van der Waals surface area contributed by atoms with Crippen LogP contribution in [0.25, 0.3) is 6.08 Å². The van der Waals surface area contributed by atoms with Gasteiger partial charge in [-0.25, -0.2) is 9.79 Å². The monoisotopic (exact) mass is 535 g/mol. The summed E-state index contributed by atoms with van der Waals surface area (Å²) in [6.07, 6.45) is 3.20. The highest BCUT2D eigenvalue weighted by Crippen LogP contribution is 2.33. The second kappa shape index (κ2) is 12.0. The van der Waals surface area contributed by atoms with Crippen LogP contribution in [-0.2, 0) is 9.53 Å². The van der Waals surface area contributed by atoms with Crippen LogP contribution in [0.4, 0.5) is 5.88 Å². The highest BCUT2D eigenvalue weighted by atomic mass is 32.1. The smallest absolute Gasteiger partial charge is 0.338 e. The fourth-order valence-corrected chi connectivity index (χ4v) is 5.75. The largest absolute Gasteiger partial charge is 0.463 e. The molecular formula is C30H37N3O4S. The van der Waals surface area contributed by atoms with Crippen LogP contribution in [0.5, 0.6) is 0 Å². The van der Waals surface area contributed by atoms with Crippen molar-refractivity contribution in [2.24, 2.45) is 4.99 Å². The molecule has 0 radical (unpaired) electrons. The number of aromatic nitrogens is 1. The summed E-state index contributed by atoms with van der Waals surface area (Å²) in [5, 5.41) is 0. The number of fused-ring (bicyclic) bond motifs is 1. The third-order valence-electron chi connectivity index (χ3n) is 6.77. The molecule has 0 fully saturated rings. The molecule has 1 atom stereocenters. The lowest BCUT2D eigenvalue weighted by Gasteiger charge is -2.26. The van der Waals surface area contributed by atoms with E-state index in [1.165, 1.54) is 16.9 Å². The van der Waals surface area contributed by atoms with Gasteiger partial charge in [-0.3, -0.25) is 9.36 Å². The summed E-state index contributed by atoms with van der Waals surface area (Å²) >= 11 is 1.32. The number of hydrogen-bond donors (Lipinski definition) is 0. The van der Waals surface area contributed by atoms with Gasteiger partial charge in [0.2, 0.25) is 0 Å². The van der Waals surface area contributed by atoms with Crippen LogP contribution in [0.2, 0.25) is 0 Å². The summed E-state index contributed by atoms with van der Waals surface area (Å²) in [5.41, 5.74) is 2.96. The minimum absolute atomic E-state index is 0.204. The highest BCUT2D eigenvalue weighted by molar-refractivity contribution is 7.07. The van der Waals surface area contributed by atoms with E-state index in [9.17, 15) is 9.59 Å². The lowest BCUT2D eigenvalue weighted by molar-refractivity contribution is -0.139. The summed E-state index contributed by atoms with van der Waals surface area (Å²) < 4.78 is 13.7. The molecule has 4 rings (SSSR count). The van der Waals surface area contributed by atoms with Gasteiger partial charge >= 0.3 is 5.97 Å². The summed E-state index contributed by atoms with van der Waals surface area (Å²) in [5.74, 6) is 1.32. The lowest BCUT2D eigenvalue weighted by Crippen LogP contribution is -2.40. The molecule has 0 saturated heterocycles. The average Bonchev–Trinajstić information content (AvgIpc) is 3.48. The van der Waals surface area contributed by atoms with Gasteiger partial charge in [-0.2, -0.15) is 0 Å². The van der Waals surface area contributed by atoms with Crippen molar-refractivity contribution in [3.05, 3.63) is 84.2 Å². The Morgan fingerprint density at radius 3 is 2.45 bits per heavy atom. The van der Waals surface area contributed by atoms with Crippen LogP contribution in [0.1, 0.15) is 83.2 Å². The molecule has 8 heteroatoms. The molecule has 1 aliphatic heterocycles. The van der Waals surface area contributed by atoms with Crippen molar-refractivity contribution in [1.29, 1.82) is 0 Å². The maximum absolute atomic E-state index is 13.9. The molecule has 3 aromatic rings. The van der Waals surface area contributed by atoms with Crippen molar-refractivity contribution in [2.45, 2.75) is 66.3 Å². The molecule has 0 aliphatic carbocycles. The Labute approximate surface area is 227 Å². The van der Waals surface area contributed by atoms with Gasteiger partial charge in [0, 0.05) is 25.2 Å². The van der Waals surface area contributed by atoms with Crippen LogP contribution in [-0.4, -0.2) is 30.2 Å². The molecule has 0 spiro atoms. The first kappa shape index (κ1) is 27.6. The van der Waals surface area contributed by atoms with E-state index in [2.05, 4.69) is 51.7 Å². The second-order valence-corrected chi connectivity index (χ2v) is 10.6. The predicted octanol–water partition coefficient (Wildman–Crippen LogP) is 5.14. The number of thiazole rings is 1. The first-order valence-corrected chi connectivity index (χ1v) is 14.3. The minimum Gasteiger partial charge on any atom is -0.463 e. The molecular weight excluding hydrogens is 498 g/mol. The van der Waals surface area contributed by atoms with Crippen LogP contribution in [0.3, 0.4) is 0 Å². The number of benzene rings is 1. The summed E-state index contributed by atoms with van der Waals surface area (Å²) in [7, 11) is 0. The normalized spacial score (nSPS) is 15.6. The summed E-state index contributed by atoms with van der Waals surface area (Å²) in [6.45, 7) is 14.2. The van der Waals surface area contributed by atoms with Crippen molar-refractivity contribution >= 4 is 29.3 Å². The molecule has 2 aromatic heterocycles. The fourth-order valence-electron chi connectivity index (χ4n) is 4.75. The molecule has 0 amide bonds. The Kier molecular flexibility index (Phi) is 8.72. The number of esters is 1. The highest BCUT2D eigenvalue weighted by Gasteiger charge is 2.34. The van der Waals surface area contributed by atoms with Crippen LogP contribution < -0.4 is 19.8 Å². The molecule has 1 aliphatic rings. The van der Waals surface area contributed by atoms with E-state index < -0.39 is 12.0 Å². The van der Waals surface area contributed by atoms with Crippen molar-refractivity contribution in [1.82, 2.24) is 4.57 Å². The molecule has 0 N–H and O–H groups in total. The van der Waals surface area contributed by atoms with E-state index in [1.54, 1.807) is 17.6 Å². The molecule has 0 bridgehead atoms. The fraction of sp³-hybridized carbons (Fsp3) is 0.433. The van der Waals surface area contributed by atoms with Crippen LogP contribution >= 0.6 is 11.3 Å². The number of nitrogens with zero attached hydrogens (tertiary/aromatic N) is 3. The number of rotatable bonds is 10. The average molecular weight is 536 g/mol.